The second-order valence-electron chi connectivity index (χ2n) is 2.89. The summed E-state index contributed by atoms with van der Waals surface area (Å²) in [5.41, 5.74) is 4.62. The van der Waals surface area contributed by atoms with Crippen molar-refractivity contribution in [3.05, 3.63) is 11.4 Å². The maximum absolute atomic E-state index is 5.19. The van der Waals surface area contributed by atoms with Crippen molar-refractivity contribution in [2.75, 3.05) is 5.43 Å². The van der Waals surface area contributed by atoms with Crippen LogP contribution in [0.3, 0.4) is 0 Å². The van der Waals surface area contributed by atoms with Crippen molar-refractivity contribution in [3.8, 4) is 0 Å². The number of aromatic nitrogens is 2. The second kappa shape index (κ2) is 2.92. The van der Waals surface area contributed by atoms with E-state index in [0.717, 1.165) is 11.4 Å². The Balaban J connectivity index is 2.97. The highest BCUT2D eigenvalue weighted by Crippen LogP contribution is 2.17. The predicted molar refractivity (Wildman–Crippen MR) is 45.2 cm³/mol. The smallest absolute Gasteiger partial charge is 0.215 e. The van der Waals surface area contributed by atoms with Crippen LogP contribution in [-0.2, 0) is 0 Å². The minimum absolute atomic E-state index is 0.438. The summed E-state index contributed by atoms with van der Waals surface area (Å²) in [6.45, 7) is 6.19. The molecule has 4 heteroatoms. The van der Waals surface area contributed by atoms with E-state index in [1.54, 1.807) is 0 Å². The minimum Gasteiger partial charge on any atom is -0.327 e. The summed E-state index contributed by atoms with van der Waals surface area (Å²) in [6.07, 6.45) is 0. The first-order valence-corrected chi connectivity index (χ1v) is 3.68. The molecule has 1 heterocycles. The van der Waals surface area contributed by atoms with E-state index in [9.17, 15) is 0 Å². The number of nitrogens with zero attached hydrogens (tertiary/aromatic N) is 1. The molecule has 4 nitrogen and oxygen atoms in total. The molecule has 0 aliphatic heterocycles. The molecule has 0 aliphatic rings. The van der Waals surface area contributed by atoms with Crippen LogP contribution in [0.2, 0.25) is 0 Å². The number of hydrazine groups is 1. The average molecular weight is 154 g/mol. The molecule has 1 rings (SSSR count). The zero-order valence-electron chi connectivity index (χ0n) is 7.10. The zero-order valence-corrected chi connectivity index (χ0v) is 7.10. The Bertz CT molecular complexity index is 239. The third-order valence-electron chi connectivity index (χ3n) is 1.61. The fraction of sp³-hybridized carbons (Fsp3) is 0.571. The Morgan fingerprint density at radius 2 is 2.18 bits per heavy atom. The summed E-state index contributed by atoms with van der Waals surface area (Å²) < 4.78 is 0. The number of hydrogen-bond acceptors (Lipinski definition) is 3. The average Bonchev–Trinajstić information content (AvgIpc) is 2.30. The predicted octanol–water partition coefficient (Wildman–Crippen LogP) is 1.13. The quantitative estimate of drug-likeness (QED) is 0.442. The standard InChI is InChI=1S/C7H14N4/c1-4(2)6-5(3)9-7(10-6)11-8/h4H,8H2,1-3H3,(H2,9,10,11). The van der Waals surface area contributed by atoms with Crippen molar-refractivity contribution in [2.24, 2.45) is 5.84 Å². The van der Waals surface area contributed by atoms with Crippen LogP contribution in [0.15, 0.2) is 0 Å². The lowest BCUT2D eigenvalue weighted by Crippen LogP contribution is -2.08. The van der Waals surface area contributed by atoms with Crippen molar-refractivity contribution in [1.82, 2.24) is 9.97 Å². The topological polar surface area (TPSA) is 66.7 Å². The van der Waals surface area contributed by atoms with E-state index in [0.29, 0.717) is 11.9 Å². The molecule has 0 spiro atoms. The lowest BCUT2D eigenvalue weighted by molar-refractivity contribution is 0.822. The molecule has 0 bridgehead atoms. The SMILES string of the molecule is Cc1[nH]c(NN)nc1C(C)C. The number of hydrogen-bond donors (Lipinski definition) is 3. The number of rotatable bonds is 2. The Morgan fingerprint density at radius 3 is 2.45 bits per heavy atom. The number of aryl methyl sites for hydroxylation is 1. The Labute approximate surface area is 66.2 Å². The zero-order chi connectivity index (χ0) is 8.43. The lowest BCUT2D eigenvalue weighted by Gasteiger charge is -1.98. The van der Waals surface area contributed by atoms with Crippen molar-refractivity contribution in [3.63, 3.8) is 0 Å². The van der Waals surface area contributed by atoms with Crippen molar-refractivity contribution < 1.29 is 0 Å². The molecule has 62 valence electrons. The van der Waals surface area contributed by atoms with Crippen LogP contribution < -0.4 is 11.3 Å². The van der Waals surface area contributed by atoms with Gasteiger partial charge < -0.3 is 4.98 Å². The maximum Gasteiger partial charge on any atom is 0.215 e. The largest absolute Gasteiger partial charge is 0.327 e. The summed E-state index contributed by atoms with van der Waals surface area (Å²) >= 11 is 0. The van der Waals surface area contributed by atoms with Gasteiger partial charge in [0.1, 0.15) is 0 Å². The van der Waals surface area contributed by atoms with Crippen molar-refractivity contribution >= 4 is 5.95 Å². The fourth-order valence-electron chi connectivity index (χ4n) is 1.10. The monoisotopic (exact) mass is 154 g/mol. The molecule has 1 aromatic rings. The molecule has 0 fully saturated rings. The minimum atomic E-state index is 0.438. The van der Waals surface area contributed by atoms with Gasteiger partial charge in [0.2, 0.25) is 5.95 Å². The molecule has 0 amide bonds. The normalized spacial score (nSPS) is 10.6. The van der Waals surface area contributed by atoms with E-state index in [-0.39, 0.29) is 0 Å². The summed E-state index contributed by atoms with van der Waals surface area (Å²) in [7, 11) is 0. The van der Waals surface area contributed by atoms with Crippen LogP contribution in [0.5, 0.6) is 0 Å². The summed E-state index contributed by atoms with van der Waals surface area (Å²) in [5.74, 6) is 6.26. The van der Waals surface area contributed by atoms with Gasteiger partial charge in [-0.15, -0.1) is 0 Å². The molecule has 0 atom stereocenters. The Morgan fingerprint density at radius 1 is 1.55 bits per heavy atom. The first kappa shape index (κ1) is 8.07. The highest BCUT2D eigenvalue weighted by Gasteiger charge is 2.08. The number of anilines is 1. The van der Waals surface area contributed by atoms with Gasteiger partial charge in [-0.25, -0.2) is 10.8 Å². The fourth-order valence-corrected chi connectivity index (χ4v) is 1.10. The van der Waals surface area contributed by atoms with E-state index in [1.807, 2.05) is 6.92 Å². The van der Waals surface area contributed by atoms with Crippen molar-refractivity contribution in [1.29, 1.82) is 0 Å². The van der Waals surface area contributed by atoms with E-state index in [2.05, 4.69) is 29.2 Å². The lowest BCUT2D eigenvalue weighted by atomic mass is 10.1. The molecule has 11 heavy (non-hydrogen) atoms. The number of nitrogens with two attached hydrogens (primary N) is 1. The van der Waals surface area contributed by atoms with Crippen LogP contribution >= 0.6 is 0 Å². The maximum atomic E-state index is 5.19. The van der Waals surface area contributed by atoms with Gasteiger partial charge in [-0.05, 0) is 12.8 Å². The summed E-state index contributed by atoms with van der Waals surface area (Å²) in [5, 5.41) is 0. The highest BCUT2D eigenvalue weighted by atomic mass is 15.3. The van der Waals surface area contributed by atoms with E-state index < -0.39 is 0 Å². The molecule has 0 unspecified atom stereocenters. The second-order valence-corrected chi connectivity index (χ2v) is 2.89. The summed E-state index contributed by atoms with van der Waals surface area (Å²) in [6, 6.07) is 0. The van der Waals surface area contributed by atoms with Crippen LogP contribution in [-0.4, -0.2) is 9.97 Å². The van der Waals surface area contributed by atoms with E-state index >= 15 is 0 Å². The van der Waals surface area contributed by atoms with Crippen LogP contribution in [0.25, 0.3) is 0 Å². The third kappa shape index (κ3) is 1.51. The van der Waals surface area contributed by atoms with Gasteiger partial charge in [-0.2, -0.15) is 0 Å². The number of nitrogens with one attached hydrogen (secondary N) is 2. The van der Waals surface area contributed by atoms with Gasteiger partial charge in [0.25, 0.3) is 0 Å². The van der Waals surface area contributed by atoms with Gasteiger partial charge in [-0.3, -0.25) is 5.43 Å². The summed E-state index contributed by atoms with van der Waals surface area (Å²) in [4.78, 5) is 7.26. The van der Waals surface area contributed by atoms with Gasteiger partial charge in [0.15, 0.2) is 0 Å². The van der Waals surface area contributed by atoms with Gasteiger partial charge in [0.05, 0.1) is 5.69 Å². The van der Waals surface area contributed by atoms with Crippen LogP contribution in [0.1, 0.15) is 31.2 Å². The van der Waals surface area contributed by atoms with E-state index in [4.69, 9.17) is 5.84 Å². The molecule has 1 aromatic heterocycles. The Hall–Kier alpha value is -1.03. The molecular formula is C7H14N4. The highest BCUT2D eigenvalue weighted by molar-refractivity contribution is 5.30. The number of aromatic amines is 1. The number of nitrogen functional groups attached to an aromatic ring is 1. The molecule has 0 saturated carbocycles. The number of H-pyrrole nitrogens is 1. The molecular weight excluding hydrogens is 140 g/mol. The van der Waals surface area contributed by atoms with Crippen LogP contribution in [0.4, 0.5) is 5.95 Å². The van der Waals surface area contributed by atoms with Crippen molar-refractivity contribution in [2.45, 2.75) is 26.7 Å². The van der Waals surface area contributed by atoms with Gasteiger partial charge >= 0.3 is 0 Å². The molecule has 4 N–H and O–H groups in total. The van der Waals surface area contributed by atoms with Crippen LogP contribution in [0, 0.1) is 6.92 Å². The van der Waals surface area contributed by atoms with Gasteiger partial charge in [-0.1, -0.05) is 13.8 Å². The molecule has 0 radical (unpaired) electrons. The third-order valence-corrected chi connectivity index (χ3v) is 1.61. The van der Waals surface area contributed by atoms with E-state index in [1.165, 1.54) is 0 Å². The molecule has 0 saturated heterocycles. The molecule has 0 aliphatic carbocycles. The first-order valence-electron chi connectivity index (χ1n) is 3.68. The molecule has 0 aromatic carbocycles. The Kier molecular flexibility index (Phi) is 2.14. The van der Waals surface area contributed by atoms with Gasteiger partial charge in [0, 0.05) is 5.69 Å². The number of imidazole rings is 1. The first-order chi connectivity index (χ1) is 5.15.